The number of carbonyl (C=O) groups excluding carboxylic acids is 3. The zero-order valence-corrected chi connectivity index (χ0v) is 17.7. The Labute approximate surface area is 188 Å². The van der Waals surface area contributed by atoms with Crippen molar-refractivity contribution in [3.05, 3.63) is 72.3 Å². The molecule has 2 N–H and O–H groups in total. The number of anilines is 1. The fourth-order valence-corrected chi connectivity index (χ4v) is 3.64. The van der Waals surface area contributed by atoms with Crippen molar-refractivity contribution >= 4 is 34.2 Å². The van der Waals surface area contributed by atoms with Crippen LogP contribution in [-0.2, 0) is 14.4 Å². The van der Waals surface area contributed by atoms with Gasteiger partial charge in [-0.05, 0) is 42.0 Å². The van der Waals surface area contributed by atoms with Gasteiger partial charge in [-0.15, -0.1) is 0 Å². The molecular weight excluding hydrogens is 432 g/mol. The Bertz CT molecular complexity index is 1230. The van der Waals surface area contributed by atoms with Crippen LogP contribution in [0, 0.1) is 17.6 Å². The van der Waals surface area contributed by atoms with Crippen LogP contribution >= 0.6 is 0 Å². The molecule has 33 heavy (non-hydrogen) atoms. The predicted molar refractivity (Wildman–Crippen MR) is 117 cm³/mol. The summed E-state index contributed by atoms with van der Waals surface area (Å²) in [5.74, 6) is -3.61. The molecule has 0 spiro atoms. The fourth-order valence-electron chi connectivity index (χ4n) is 3.64. The van der Waals surface area contributed by atoms with Crippen LogP contribution in [0.2, 0.25) is 0 Å². The van der Waals surface area contributed by atoms with Crippen LogP contribution in [-0.4, -0.2) is 30.4 Å². The third kappa shape index (κ3) is 4.92. The molecule has 9 heteroatoms. The number of hydrogen-bond acceptors (Lipinski definition) is 4. The Kier molecular flexibility index (Phi) is 6.21. The quantitative estimate of drug-likeness (QED) is 0.582. The summed E-state index contributed by atoms with van der Waals surface area (Å²) >= 11 is 0. The second kappa shape index (κ2) is 9.23. The van der Waals surface area contributed by atoms with Gasteiger partial charge in [0.05, 0.1) is 11.6 Å². The van der Waals surface area contributed by atoms with Gasteiger partial charge in [-0.25, -0.2) is 8.78 Å². The third-order valence-electron chi connectivity index (χ3n) is 5.41. The summed E-state index contributed by atoms with van der Waals surface area (Å²) in [5, 5.41) is 2.00. The number of fused-ring (bicyclic) bond motifs is 1. The fraction of sp³-hybridized carbons (Fsp3) is 0.208. The van der Waals surface area contributed by atoms with Gasteiger partial charge in [0.2, 0.25) is 11.8 Å². The molecule has 0 aromatic heterocycles. The first-order chi connectivity index (χ1) is 15.8. The van der Waals surface area contributed by atoms with E-state index in [1.54, 1.807) is 6.07 Å². The smallest absolute Gasteiger partial charge is 0.279 e. The molecule has 170 valence electrons. The third-order valence-corrected chi connectivity index (χ3v) is 5.41. The Balaban J connectivity index is 1.31. The monoisotopic (exact) mass is 453 g/mol. The van der Waals surface area contributed by atoms with Crippen LogP contribution in [0.5, 0.6) is 5.75 Å². The van der Waals surface area contributed by atoms with Crippen molar-refractivity contribution in [3.8, 4) is 5.75 Å². The first-order valence-electron chi connectivity index (χ1n) is 10.3. The average Bonchev–Trinajstić information content (AvgIpc) is 3.18. The molecular formula is C24H21F2N3O4. The van der Waals surface area contributed by atoms with E-state index in [9.17, 15) is 23.2 Å². The lowest BCUT2D eigenvalue weighted by atomic mass is 10.1. The van der Waals surface area contributed by atoms with Crippen LogP contribution < -0.4 is 20.5 Å². The number of hydrazine groups is 1. The first kappa shape index (κ1) is 22.2. The van der Waals surface area contributed by atoms with Crippen LogP contribution in [0.4, 0.5) is 14.5 Å². The molecule has 7 nitrogen and oxygen atoms in total. The van der Waals surface area contributed by atoms with E-state index in [-0.39, 0.29) is 18.7 Å². The van der Waals surface area contributed by atoms with Gasteiger partial charge in [0, 0.05) is 19.0 Å². The number of hydrogen-bond donors (Lipinski definition) is 2. The normalized spacial score (nSPS) is 16.5. The number of nitrogens with zero attached hydrogens (tertiary/aromatic N) is 1. The standard InChI is InChI=1S/C24H21F2N3O4/c1-14(33-19-8-6-15-4-2-3-5-16(15)10-19)23(31)27-28-24(32)17-11-22(30)29(13-17)21-9-7-18(25)12-20(21)26/h2-10,12,14,17H,11,13H2,1H3,(H,27,31)(H,28,32). The van der Waals surface area contributed by atoms with Gasteiger partial charge in [0.25, 0.3) is 5.91 Å². The van der Waals surface area contributed by atoms with Crippen molar-refractivity contribution in [1.29, 1.82) is 0 Å². The zero-order valence-electron chi connectivity index (χ0n) is 17.7. The van der Waals surface area contributed by atoms with E-state index in [2.05, 4.69) is 10.9 Å². The highest BCUT2D eigenvalue weighted by atomic mass is 19.1. The summed E-state index contributed by atoms with van der Waals surface area (Å²) in [6.45, 7) is 1.45. The van der Waals surface area contributed by atoms with E-state index >= 15 is 0 Å². The molecule has 1 fully saturated rings. The van der Waals surface area contributed by atoms with Crippen molar-refractivity contribution in [2.45, 2.75) is 19.4 Å². The molecule has 1 heterocycles. The Morgan fingerprint density at radius 2 is 1.79 bits per heavy atom. The molecule has 1 saturated heterocycles. The molecule has 0 radical (unpaired) electrons. The summed E-state index contributed by atoms with van der Waals surface area (Å²) < 4.78 is 32.8. The number of carbonyl (C=O) groups is 3. The number of benzene rings is 3. The maximum absolute atomic E-state index is 14.0. The minimum atomic E-state index is -0.901. The van der Waals surface area contributed by atoms with Crippen LogP contribution in [0.1, 0.15) is 13.3 Å². The van der Waals surface area contributed by atoms with Crippen LogP contribution in [0.15, 0.2) is 60.7 Å². The molecule has 1 aliphatic heterocycles. The van der Waals surface area contributed by atoms with Gasteiger partial charge >= 0.3 is 0 Å². The molecule has 0 bridgehead atoms. The second-order valence-corrected chi connectivity index (χ2v) is 7.75. The van der Waals surface area contributed by atoms with Gasteiger partial charge in [0.1, 0.15) is 17.4 Å². The lowest BCUT2D eigenvalue weighted by Gasteiger charge is -2.18. The molecule has 0 aliphatic carbocycles. The molecule has 0 saturated carbocycles. The summed E-state index contributed by atoms with van der Waals surface area (Å²) in [5.41, 5.74) is 4.47. The molecule has 3 amide bonds. The SMILES string of the molecule is CC(Oc1ccc2ccccc2c1)C(=O)NNC(=O)C1CC(=O)N(c2ccc(F)cc2F)C1. The first-order valence-corrected chi connectivity index (χ1v) is 10.3. The zero-order chi connectivity index (χ0) is 23.5. The number of amides is 3. The molecule has 4 rings (SSSR count). The topological polar surface area (TPSA) is 87.7 Å². The lowest BCUT2D eigenvalue weighted by Crippen LogP contribution is -2.49. The number of nitrogens with one attached hydrogen (secondary N) is 2. The number of halogens is 2. The van der Waals surface area contributed by atoms with Crippen LogP contribution in [0.3, 0.4) is 0 Å². The van der Waals surface area contributed by atoms with Crippen molar-refractivity contribution < 1.29 is 27.9 Å². The molecule has 1 aliphatic rings. The van der Waals surface area contributed by atoms with Crippen molar-refractivity contribution in [2.24, 2.45) is 5.92 Å². The average molecular weight is 453 g/mol. The van der Waals surface area contributed by atoms with Crippen LogP contribution in [0.25, 0.3) is 10.8 Å². The van der Waals surface area contributed by atoms with Crippen molar-refractivity contribution in [3.63, 3.8) is 0 Å². The Morgan fingerprint density at radius 3 is 2.55 bits per heavy atom. The summed E-state index contributed by atoms with van der Waals surface area (Å²) in [6, 6.07) is 16.0. The summed E-state index contributed by atoms with van der Waals surface area (Å²) in [7, 11) is 0. The predicted octanol–water partition coefficient (Wildman–Crippen LogP) is 3.09. The number of rotatable bonds is 5. The Hall–Kier alpha value is -4.01. The lowest BCUT2D eigenvalue weighted by molar-refractivity contribution is -0.134. The van der Waals surface area contributed by atoms with E-state index in [4.69, 9.17) is 4.74 Å². The largest absolute Gasteiger partial charge is 0.481 e. The molecule has 3 aromatic carbocycles. The van der Waals surface area contributed by atoms with E-state index in [0.717, 1.165) is 27.8 Å². The summed E-state index contributed by atoms with van der Waals surface area (Å²) in [6.07, 6.45) is -1.07. The minimum absolute atomic E-state index is 0.0910. The van der Waals surface area contributed by atoms with E-state index in [1.165, 1.54) is 6.92 Å². The van der Waals surface area contributed by atoms with Gasteiger partial charge < -0.3 is 9.64 Å². The minimum Gasteiger partial charge on any atom is -0.481 e. The van der Waals surface area contributed by atoms with E-state index in [0.29, 0.717) is 11.8 Å². The van der Waals surface area contributed by atoms with Gasteiger partial charge in [-0.2, -0.15) is 0 Å². The van der Waals surface area contributed by atoms with Gasteiger partial charge in [-0.1, -0.05) is 30.3 Å². The highest BCUT2D eigenvalue weighted by Crippen LogP contribution is 2.28. The van der Waals surface area contributed by atoms with Crippen molar-refractivity contribution in [1.82, 2.24) is 10.9 Å². The Morgan fingerprint density at radius 1 is 1.03 bits per heavy atom. The number of ether oxygens (including phenoxy) is 1. The highest BCUT2D eigenvalue weighted by Gasteiger charge is 2.36. The van der Waals surface area contributed by atoms with Gasteiger partial charge in [-0.3, -0.25) is 25.2 Å². The summed E-state index contributed by atoms with van der Waals surface area (Å²) in [4.78, 5) is 38.1. The maximum atomic E-state index is 14.0. The second-order valence-electron chi connectivity index (χ2n) is 7.75. The van der Waals surface area contributed by atoms with E-state index in [1.807, 2.05) is 36.4 Å². The molecule has 2 unspecified atom stereocenters. The van der Waals surface area contributed by atoms with Gasteiger partial charge in [0.15, 0.2) is 6.10 Å². The van der Waals surface area contributed by atoms with Crippen molar-refractivity contribution in [2.75, 3.05) is 11.4 Å². The molecule has 2 atom stereocenters. The van der Waals surface area contributed by atoms with E-state index < -0.39 is 41.4 Å². The highest BCUT2D eigenvalue weighted by molar-refractivity contribution is 6.00. The maximum Gasteiger partial charge on any atom is 0.279 e. The molecule has 3 aromatic rings.